The summed E-state index contributed by atoms with van der Waals surface area (Å²) in [5.74, 6) is -0.408. The van der Waals surface area contributed by atoms with Crippen LogP contribution in [-0.2, 0) is 22.6 Å². The Kier molecular flexibility index (Phi) is 5.84. The van der Waals surface area contributed by atoms with Crippen LogP contribution in [0.15, 0.2) is 54.6 Å². The molecule has 1 fully saturated rings. The fourth-order valence-electron chi connectivity index (χ4n) is 2.88. The van der Waals surface area contributed by atoms with Gasteiger partial charge in [-0.3, -0.25) is 4.79 Å². The monoisotopic (exact) mass is 356 g/mol. The molecule has 6 heteroatoms. The Balaban J connectivity index is 1.44. The lowest BCUT2D eigenvalue weighted by Crippen LogP contribution is -2.51. The van der Waals surface area contributed by atoms with E-state index < -0.39 is 0 Å². The number of hydrogen-bond donors (Lipinski definition) is 0. The highest BCUT2D eigenvalue weighted by Crippen LogP contribution is 2.10. The molecular formula is C20H21FN2O3. The number of amides is 2. The first kappa shape index (κ1) is 17.9. The average Bonchev–Trinajstić information content (AvgIpc) is 2.67. The van der Waals surface area contributed by atoms with Gasteiger partial charge in [-0.2, -0.15) is 0 Å². The summed E-state index contributed by atoms with van der Waals surface area (Å²) in [7, 11) is 0. The first-order valence-corrected chi connectivity index (χ1v) is 8.59. The smallest absolute Gasteiger partial charge is 0.410 e. The van der Waals surface area contributed by atoms with E-state index >= 15 is 0 Å². The van der Waals surface area contributed by atoms with Gasteiger partial charge < -0.3 is 14.5 Å². The summed E-state index contributed by atoms with van der Waals surface area (Å²) in [5, 5.41) is 0. The normalized spacial score (nSPS) is 14.2. The van der Waals surface area contributed by atoms with Crippen molar-refractivity contribution in [3.05, 3.63) is 71.5 Å². The molecule has 0 bridgehead atoms. The van der Waals surface area contributed by atoms with Gasteiger partial charge in [0.1, 0.15) is 12.4 Å². The number of carbonyl (C=O) groups is 2. The second-order valence-electron chi connectivity index (χ2n) is 6.21. The van der Waals surface area contributed by atoms with E-state index in [2.05, 4.69) is 0 Å². The molecule has 1 aliphatic rings. The number of ether oxygens (including phenoxy) is 1. The highest BCUT2D eigenvalue weighted by Gasteiger charge is 2.25. The van der Waals surface area contributed by atoms with E-state index in [4.69, 9.17) is 4.74 Å². The molecular weight excluding hydrogens is 335 g/mol. The SMILES string of the molecule is O=C(Cc1cccc(F)c1)N1CCN(C(=O)OCc2ccccc2)CC1. The molecule has 0 saturated carbocycles. The Hall–Kier alpha value is -2.89. The lowest BCUT2D eigenvalue weighted by molar-refractivity contribution is -0.132. The Labute approximate surface area is 152 Å². The minimum Gasteiger partial charge on any atom is -0.445 e. The van der Waals surface area contributed by atoms with Crippen molar-refractivity contribution in [2.24, 2.45) is 0 Å². The number of hydrogen-bond acceptors (Lipinski definition) is 3. The molecule has 2 aromatic rings. The van der Waals surface area contributed by atoms with Crippen LogP contribution >= 0.6 is 0 Å². The summed E-state index contributed by atoms with van der Waals surface area (Å²) in [6.45, 7) is 2.01. The van der Waals surface area contributed by atoms with Crippen molar-refractivity contribution in [1.29, 1.82) is 0 Å². The van der Waals surface area contributed by atoms with Gasteiger partial charge in [-0.05, 0) is 23.3 Å². The molecule has 0 atom stereocenters. The summed E-state index contributed by atoms with van der Waals surface area (Å²) in [6, 6.07) is 15.6. The molecule has 0 unspecified atom stereocenters. The standard InChI is InChI=1S/C20H21FN2O3/c21-18-8-4-7-17(13-18)14-19(24)22-9-11-23(12-10-22)20(25)26-15-16-5-2-1-3-6-16/h1-8,13H,9-12,14-15H2. The highest BCUT2D eigenvalue weighted by atomic mass is 19.1. The number of benzene rings is 2. The maximum absolute atomic E-state index is 13.2. The molecule has 0 spiro atoms. The second kappa shape index (κ2) is 8.47. The lowest BCUT2D eigenvalue weighted by atomic mass is 10.1. The molecule has 1 heterocycles. The number of nitrogens with zero attached hydrogens (tertiary/aromatic N) is 2. The van der Waals surface area contributed by atoms with Gasteiger partial charge in [0.15, 0.2) is 0 Å². The Morgan fingerprint density at radius 3 is 2.23 bits per heavy atom. The topological polar surface area (TPSA) is 49.9 Å². The maximum atomic E-state index is 13.2. The molecule has 1 aliphatic heterocycles. The summed E-state index contributed by atoms with van der Waals surface area (Å²) < 4.78 is 18.5. The van der Waals surface area contributed by atoms with Gasteiger partial charge in [0, 0.05) is 26.2 Å². The van der Waals surface area contributed by atoms with Crippen molar-refractivity contribution in [1.82, 2.24) is 9.80 Å². The third-order valence-corrected chi connectivity index (χ3v) is 4.34. The van der Waals surface area contributed by atoms with Crippen molar-refractivity contribution in [2.45, 2.75) is 13.0 Å². The number of piperazine rings is 1. The van der Waals surface area contributed by atoms with Gasteiger partial charge in [0.05, 0.1) is 6.42 Å². The van der Waals surface area contributed by atoms with E-state index in [1.165, 1.54) is 12.1 Å². The van der Waals surface area contributed by atoms with Crippen LogP contribution in [0.2, 0.25) is 0 Å². The van der Waals surface area contributed by atoms with Crippen LogP contribution in [0.4, 0.5) is 9.18 Å². The fraction of sp³-hybridized carbons (Fsp3) is 0.300. The number of rotatable bonds is 4. The summed E-state index contributed by atoms with van der Waals surface area (Å²) in [6.07, 6.45) is -0.206. The molecule has 0 aliphatic carbocycles. The van der Waals surface area contributed by atoms with Gasteiger partial charge >= 0.3 is 6.09 Å². The van der Waals surface area contributed by atoms with Gasteiger partial charge in [0.25, 0.3) is 0 Å². The molecule has 2 amide bonds. The summed E-state index contributed by atoms with van der Waals surface area (Å²) in [4.78, 5) is 27.8. The van der Waals surface area contributed by atoms with Crippen LogP contribution in [0.1, 0.15) is 11.1 Å². The van der Waals surface area contributed by atoms with Crippen molar-refractivity contribution in [3.8, 4) is 0 Å². The largest absolute Gasteiger partial charge is 0.445 e. The van der Waals surface area contributed by atoms with Crippen LogP contribution in [0.25, 0.3) is 0 Å². The van der Waals surface area contributed by atoms with E-state index in [1.54, 1.807) is 21.9 Å². The lowest BCUT2D eigenvalue weighted by Gasteiger charge is -2.34. The van der Waals surface area contributed by atoms with Crippen LogP contribution in [0.5, 0.6) is 0 Å². The highest BCUT2D eigenvalue weighted by molar-refractivity contribution is 5.79. The molecule has 26 heavy (non-hydrogen) atoms. The average molecular weight is 356 g/mol. The predicted octanol–water partition coefficient (Wildman–Crippen LogP) is 2.85. The molecule has 0 radical (unpaired) electrons. The van der Waals surface area contributed by atoms with Crippen LogP contribution in [0, 0.1) is 5.82 Å². The molecule has 1 saturated heterocycles. The molecule has 3 rings (SSSR count). The van der Waals surface area contributed by atoms with Crippen LogP contribution in [-0.4, -0.2) is 48.0 Å². The first-order chi connectivity index (χ1) is 12.6. The summed E-state index contributed by atoms with van der Waals surface area (Å²) >= 11 is 0. The minimum atomic E-state index is -0.369. The van der Waals surface area contributed by atoms with Crippen molar-refractivity contribution >= 4 is 12.0 Å². The van der Waals surface area contributed by atoms with E-state index in [9.17, 15) is 14.0 Å². The minimum absolute atomic E-state index is 0.0621. The Bertz CT molecular complexity index is 759. The quantitative estimate of drug-likeness (QED) is 0.846. The third-order valence-electron chi connectivity index (χ3n) is 4.34. The van der Waals surface area contributed by atoms with Gasteiger partial charge in [-0.25, -0.2) is 9.18 Å². The third kappa shape index (κ3) is 4.81. The molecule has 2 aromatic carbocycles. The summed E-state index contributed by atoms with van der Waals surface area (Å²) in [5.41, 5.74) is 1.59. The molecule has 0 aromatic heterocycles. The molecule has 136 valence electrons. The van der Waals surface area contributed by atoms with Gasteiger partial charge in [-0.15, -0.1) is 0 Å². The number of carbonyl (C=O) groups excluding carboxylic acids is 2. The van der Waals surface area contributed by atoms with Crippen molar-refractivity contribution in [3.63, 3.8) is 0 Å². The van der Waals surface area contributed by atoms with Crippen molar-refractivity contribution in [2.75, 3.05) is 26.2 Å². The number of halogens is 1. The zero-order valence-electron chi connectivity index (χ0n) is 14.4. The Morgan fingerprint density at radius 2 is 1.54 bits per heavy atom. The zero-order valence-corrected chi connectivity index (χ0v) is 14.4. The molecule has 5 nitrogen and oxygen atoms in total. The fourth-order valence-corrected chi connectivity index (χ4v) is 2.88. The maximum Gasteiger partial charge on any atom is 0.410 e. The zero-order chi connectivity index (χ0) is 18.4. The van der Waals surface area contributed by atoms with Crippen LogP contribution in [0.3, 0.4) is 0 Å². The van der Waals surface area contributed by atoms with Crippen LogP contribution < -0.4 is 0 Å². The Morgan fingerprint density at radius 1 is 0.885 bits per heavy atom. The first-order valence-electron chi connectivity index (χ1n) is 8.59. The predicted molar refractivity (Wildman–Crippen MR) is 94.9 cm³/mol. The second-order valence-corrected chi connectivity index (χ2v) is 6.21. The molecule has 0 N–H and O–H groups in total. The van der Waals surface area contributed by atoms with E-state index in [0.29, 0.717) is 31.7 Å². The van der Waals surface area contributed by atoms with Crippen molar-refractivity contribution < 1.29 is 18.7 Å². The van der Waals surface area contributed by atoms with E-state index in [0.717, 1.165) is 5.56 Å². The van der Waals surface area contributed by atoms with E-state index in [1.807, 2.05) is 30.3 Å². The van der Waals surface area contributed by atoms with Gasteiger partial charge in [0.2, 0.25) is 5.91 Å². The van der Waals surface area contributed by atoms with E-state index in [-0.39, 0.29) is 30.8 Å². The van der Waals surface area contributed by atoms with Gasteiger partial charge in [-0.1, -0.05) is 42.5 Å².